The van der Waals surface area contributed by atoms with E-state index in [1.54, 1.807) is 12.1 Å². The molecule has 2 atom stereocenters. The standard InChI is InChI=1S/C21H24N4O5/c26-17-5-4-16(18(27)23-17)25-19(28)14-3-2-13(10-15(14)20(25)29)24-8-9-30-21(12-24)6-1-7-22-11-21/h2-3,10,16,22H,1,4-9,11-12H2,(H,23,26,27). The largest absolute Gasteiger partial charge is 0.370 e. The van der Waals surface area contributed by atoms with Gasteiger partial charge in [0, 0.05) is 31.7 Å². The van der Waals surface area contributed by atoms with Gasteiger partial charge in [-0.3, -0.25) is 29.4 Å². The summed E-state index contributed by atoms with van der Waals surface area (Å²) < 4.78 is 6.10. The number of carbonyl (C=O) groups is 4. The molecule has 4 aliphatic heterocycles. The summed E-state index contributed by atoms with van der Waals surface area (Å²) >= 11 is 0. The molecular formula is C21H24N4O5. The molecule has 4 amide bonds. The number of nitrogens with zero attached hydrogens (tertiary/aromatic N) is 2. The van der Waals surface area contributed by atoms with E-state index in [-0.39, 0.29) is 24.3 Å². The lowest BCUT2D eigenvalue weighted by Gasteiger charge is -2.46. The average Bonchev–Trinajstić information content (AvgIpc) is 2.99. The Kier molecular flexibility index (Phi) is 4.59. The Balaban J connectivity index is 1.40. The number of ether oxygens (including phenoxy) is 1. The van der Waals surface area contributed by atoms with Crippen LogP contribution in [0.2, 0.25) is 0 Å². The predicted octanol–water partition coefficient (Wildman–Crippen LogP) is 0.0466. The third kappa shape index (κ3) is 3.09. The molecule has 1 spiro atoms. The smallest absolute Gasteiger partial charge is 0.262 e. The number of benzene rings is 1. The fourth-order valence-electron chi connectivity index (χ4n) is 4.92. The van der Waals surface area contributed by atoms with Crippen LogP contribution in [0.5, 0.6) is 0 Å². The van der Waals surface area contributed by atoms with Crippen molar-refractivity contribution in [3.05, 3.63) is 29.3 Å². The van der Waals surface area contributed by atoms with Gasteiger partial charge in [0.25, 0.3) is 11.8 Å². The van der Waals surface area contributed by atoms with Gasteiger partial charge in [0.1, 0.15) is 6.04 Å². The normalized spacial score (nSPS) is 29.4. The van der Waals surface area contributed by atoms with Gasteiger partial charge in [-0.15, -0.1) is 0 Å². The van der Waals surface area contributed by atoms with Gasteiger partial charge in [-0.2, -0.15) is 0 Å². The second kappa shape index (κ2) is 7.17. The lowest BCUT2D eigenvalue weighted by atomic mass is 9.91. The summed E-state index contributed by atoms with van der Waals surface area (Å²) in [5.41, 5.74) is 1.25. The van der Waals surface area contributed by atoms with Crippen molar-refractivity contribution >= 4 is 29.3 Å². The van der Waals surface area contributed by atoms with E-state index in [0.29, 0.717) is 24.3 Å². The lowest BCUT2D eigenvalue weighted by molar-refractivity contribution is -0.136. The first-order chi connectivity index (χ1) is 14.5. The summed E-state index contributed by atoms with van der Waals surface area (Å²) in [7, 11) is 0. The molecule has 9 nitrogen and oxygen atoms in total. The number of morpholine rings is 1. The van der Waals surface area contributed by atoms with Gasteiger partial charge in [-0.05, 0) is 44.0 Å². The molecule has 3 fully saturated rings. The Morgan fingerprint density at radius 3 is 2.70 bits per heavy atom. The van der Waals surface area contributed by atoms with Crippen molar-refractivity contribution in [2.75, 3.05) is 37.7 Å². The fourth-order valence-corrected chi connectivity index (χ4v) is 4.92. The minimum absolute atomic E-state index is 0.110. The minimum atomic E-state index is -0.946. The number of hydrogen-bond acceptors (Lipinski definition) is 7. The first-order valence-corrected chi connectivity index (χ1v) is 10.4. The highest BCUT2D eigenvalue weighted by Gasteiger charge is 2.45. The molecule has 0 aromatic heterocycles. The highest BCUT2D eigenvalue weighted by atomic mass is 16.5. The Hall–Kier alpha value is -2.78. The fraction of sp³-hybridized carbons (Fsp3) is 0.524. The van der Waals surface area contributed by atoms with Crippen LogP contribution in [0.3, 0.4) is 0 Å². The van der Waals surface area contributed by atoms with E-state index in [0.717, 1.165) is 43.1 Å². The minimum Gasteiger partial charge on any atom is -0.370 e. The number of carbonyl (C=O) groups excluding carboxylic acids is 4. The zero-order chi connectivity index (χ0) is 20.9. The Morgan fingerprint density at radius 2 is 1.93 bits per heavy atom. The topological polar surface area (TPSA) is 108 Å². The maximum atomic E-state index is 13.1. The molecule has 1 aromatic carbocycles. The molecule has 2 N–H and O–H groups in total. The number of anilines is 1. The van der Waals surface area contributed by atoms with Gasteiger partial charge in [0.2, 0.25) is 11.8 Å². The average molecular weight is 412 g/mol. The molecule has 3 saturated heterocycles. The molecule has 0 aliphatic carbocycles. The summed E-state index contributed by atoms with van der Waals surface area (Å²) in [6, 6.07) is 4.32. The van der Waals surface area contributed by atoms with Crippen molar-refractivity contribution in [2.24, 2.45) is 0 Å². The summed E-state index contributed by atoms with van der Waals surface area (Å²) in [5.74, 6) is -1.94. The van der Waals surface area contributed by atoms with Gasteiger partial charge in [-0.1, -0.05) is 0 Å². The zero-order valence-electron chi connectivity index (χ0n) is 16.6. The molecule has 0 radical (unpaired) electrons. The molecule has 2 unspecified atom stereocenters. The Morgan fingerprint density at radius 1 is 1.10 bits per heavy atom. The molecule has 5 rings (SSSR count). The van der Waals surface area contributed by atoms with Crippen LogP contribution in [0.4, 0.5) is 5.69 Å². The molecule has 0 saturated carbocycles. The second-order valence-electron chi connectivity index (χ2n) is 8.41. The van der Waals surface area contributed by atoms with E-state index >= 15 is 0 Å². The maximum Gasteiger partial charge on any atom is 0.262 e. The summed E-state index contributed by atoms with van der Waals surface area (Å²) in [6.45, 7) is 3.83. The molecule has 30 heavy (non-hydrogen) atoms. The van der Waals surface area contributed by atoms with Gasteiger partial charge >= 0.3 is 0 Å². The number of nitrogens with one attached hydrogen (secondary N) is 2. The number of imide groups is 2. The zero-order valence-corrected chi connectivity index (χ0v) is 16.6. The highest BCUT2D eigenvalue weighted by molar-refractivity contribution is 6.23. The third-order valence-electron chi connectivity index (χ3n) is 6.47. The molecule has 9 heteroatoms. The molecule has 4 aliphatic rings. The summed E-state index contributed by atoms with van der Waals surface area (Å²) in [6.07, 6.45) is 2.31. The van der Waals surface area contributed by atoms with Gasteiger partial charge in [0.05, 0.1) is 23.3 Å². The lowest BCUT2D eigenvalue weighted by Crippen LogP contribution is -2.59. The van der Waals surface area contributed by atoms with E-state index in [9.17, 15) is 19.2 Å². The van der Waals surface area contributed by atoms with Crippen LogP contribution in [0.15, 0.2) is 18.2 Å². The van der Waals surface area contributed by atoms with Gasteiger partial charge in [0.15, 0.2) is 0 Å². The molecule has 4 heterocycles. The van der Waals surface area contributed by atoms with E-state index in [2.05, 4.69) is 15.5 Å². The number of piperidine rings is 2. The van der Waals surface area contributed by atoms with E-state index in [4.69, 9.17) is 4.74 Å². The van der Waals surface area contributed by atoms with Crippen LogP contribution >= 0.6 is 0 Å². The monoisotopic (exact) mass is 412 g/mol. The van der Waals surface area contributed by atoms with Crippen molar-refractivity contribution in [3.63, 3.8) is 0 Å². The third-order valence-corrected chi connectivity index (χ3v) is 6.47. The number of hydrogen-bond donors (Lipinski definition) is 2. The van der Waals surface area contributed by atoms with Gasteiger partial charge < -0.3 is 15.0 Å². The van der Waals surface area contributed by atoms with Crippen LogP contribution in [0, 0.1) is 0 Å². The first kappa shape index (κ1) is 19.2. The van der Waals surface area contributed by atoms with Crippen molar-refractivity contribution in [2.45, 2.75) is 37.3 Å². The number of fused-ring (bicyclic) bond motifs is 1. The molecule has 1 aromatic rings. The second-order valence-corrected chi connectivity index (χ2v) is 8.41. The quantitative estimate of drug-likeness (QED) is 0.661. The van der Waals surface area contributed by atoms with Crippen LogP contribution in [0.1, 0.15) is 46.4 Å². The highest BCUT2D eigenvalue weighted by Crippen LogP contribution is 2.33. The maximum absolute atomic E-state index is 13.1. The van der Waals surface area contributed by atoms with E-state index in [1.165, 1.54) is 0 Å². The molecule has 158 valence electrons. The molecule has 0 bridgehead atoms. The SMILES string of the molecule is O=C1CCC(N2C(=O)c3ccc(N4CCOC5(CCCNC5)C4)cc3C2=O)C(=O)N1. The summed E-state index contributed by atoms with van der Waals surface area (Å²) in [4.78, 5) is 52.7. The van der Waals surface area contributed by atoms with Crippen molar-refractivity contribution in [1.82, 2.24) is 15.5 Å². The van der Waals surface area contributed by atoms with Gasteiger partial charge in [-0.25, -0.2) is 0 Å². The van der Waals surface area contributed by atoms with Crippen LogP contribution in [-0.4, -0.2) is 73.0 Å². The predicted molar refractivity (Wildman–Crippen MR) is 106 cm³/mol. The molecular weight excluding hydrogens is 388 g/mol. The van der Waals surface area contributed by atoms with Crippen LogP contribution < -0.4 is 15.5 Å². The Labute approximate surface area is 173 Å². The van der Waals surface area contributed by atoms with E-state index < -0.39 is 23.8 Å². The van der Waals surface area contributed by atoms with E-state index in [1.807, 2.05) is 6.07 Å². The number of rotatable bonds is 2. The van der Waals surface area contributed by atoms with Crippen molar-refractivity contribution in [3.8, 4) is 0 Å². The first-order valence-electron chi connectivity index (χ1n) is 10.4. The number of amides is 4. The van der Waals surface area contributed by atoms with Crippen molar-refractivity contribution in [1.29, 1.82) is 0 Å². The van der Waals surface area contributed by atoms with Crippen LogP contribution in [-0.2, 0) is 14.3 Å². The Bertz CT molecular complexity index is 934. The van der Waals surface area contributed by atoms with Crippen LogP contribution in [0.25, 0.3) is 0 Å². The van der Waals surface area contributed by atoms with Crippen molar-refractivity contribution < 1.29 is 23.9 Å². The summed E-state index contributed by atoms with van der Waals surface area (Å²) in [5, 5.41) is 5.62.